The molecule has 5 nitrogen and oxygen atoms in total. The van der Waals surface area contributed by atoms with Crippen LogP contribution in [-0.4, -0.2) is 23.2 Å². The van der Waals surface area contributed by atoms with Crippen LogP contribution in [0.2, 0.25) is 0 Å². The van der Waals surface area contributed by atoms with Crippen molar-refractivity contribution in [2.45, 2.75) is 20.3 Å². The highest BCUT2D eigenvalue weighted by Crippen LogP contribution is 2.34. The molecule has 0 amide bonds. The largest absolute Gasteiger partial charge is 0.490 e. The van der Waals surface area contributed by atoms with E-state index in [1.54, 1.807) is 6.08 Å². The molecule has 0 unspecified atom stereocenters. The van der Waals surface area contributed by atoms with Gasteiger partial charge in [-0.3, -0.25) is 0 Å². The number of nitriles is 1. The maximum absolute atomic E-state index is 9.66. The fraction of sp³-hybridized carbons (Fsp3) is 0.238. The van der Waals surface area contributed by atoms with Gasteiger partial charge in [-0.2, -0.15) is 5.26 Å². The Kier molecular flexibility index (Phi) is 5.55. The lowest BCUT2D eigenvalue weighted by atomic mass is 10.1. The first-order valence-electron chi connectivity index (χ1n) is 8.72. The topological polar surface area (TPSA) is 70.9 Å². The standard InChI is InChI=1S/C21H21N3O2/c1-3-12-26-20-15(8-7-11-19(20)25-4-2)13-16(14-22)21-23-17-9-5-6-10-18(17)24-21/h5-11,13H,3-4,12H2,1-2H3,(H,23,24)/b16-13+. The molecule has 0 fully saturated rings. The molecule has 0 saturated heterocycles. The van der Waals surface area contributed by atoms with E-state index in [4.69, 9.17) is 9.47 Å². The summed E-state index contributed by atoms with van der Waals surface area (Å²) in [6.07, 6.45) is 2.67. The Labute approximate surface area is 152 Å². The molecule has 0 aliphatic rings. The zero-order valence-corrected chi connectivity index (χ0v) is 15.0. The number of ether oxygens (including phenoxy) is 2. The van der Waals surface area contributed by atoms with E-state index in [1.807, 2.05) is 56.3 Å². The van der Waals surface area contributed by atoms with Crippen LogP contribution in [0, 0.1) is 11.3 Å². The van der Waals surface area contributed by atoms with Gasteiger partial charge in [0, 0.05) is 5.56 Å². The van der Waals surface area contributed by atoms with E-state index in [0.717, 1.165) is 23.0 Å². The zero-order chi connectivity index (χ0) is 18.4. The molecule has 0 aliphatic heterocycles. The fourth-order valence-electron chi connectivity index (χ4n) is 2.66. The van der Waals surface area contributed by atoms with E-state index < -0.39 is 0 Å². The first-order chi connectivity index (χ1) is 12.8. The van der Waals surface area contributed by atoms with Crippen LogP contribution >= 0.6 is 0 Å². The highest BCUT2D eigenvalue weighted by atomic mass is 16.5. The Morgan fingerprint density at radius 1 is 1.15 bits per heavy atom. The molecule has 0 bridgehead atoms. The Hall–Kier alpha value is -3.26. The van der Waals surface area contributed by atoms with Gasteiger partial charge in [0.15, 0.2) is 11.5 Å². The number of aromatic amines is 1. The van der Waals surface area contributed by atoms with Crippen LogP contribution in [0.15, 0.2) is 42.5 Å². The van der Waals surface area contributed by atoms with E-state index in [0.29, 0.717) is 36.1 Å². The summed E-state index contributed by atoms with van der Waals surface area (Å²) in [7, 11) is 0. The lowest BCUT2D eigenvalue weighted by Gasteiger charge is -2.14. The number of H-pyrrole nitrogens is 1. The van der Waals surface area contributed by atoms with Crippen LogP contribution < -0.4 is 9.47 Å². The molecular weight excluding hydrogens is 326 g/mol. The lowest BCUT2D eigenvalue weighted by Crippen LogP contribution is -2.01. The summed E-state index contributed by atoms with van der Waals surface area (Å²) in [5.41, 5.74) is 2.96. The third-order valence-electron chi connectivity index (χ3n) is 3.82. The third-order valence-corrected chi connectivity index (χ3v) is 3.82. The smallest absolute Gasteiger partial charge is 0.168 e. The number of nitrogens with one attached hydrogen (secondary N) is 1. The number of nitrogens with zero attached hydrogens (tertiary/aromatic N) is 2. The minimum Gasteiger partial charge on any atom is -0.490 e. The second-order valence-electron chi connectivity index (χ2n) is 5.73. The molecule has 0 spiro atoms. The lowest BCUT2D eigenvalue weighted by molar-refractivity contribution is 0.276. The Balaban J connectivity index is 2.05. The van der Waals surface area contributed by atoms with Crippen molar-refractivity contribution in [3.05, 3.63) is 53.9 Å². The molecule has 1 N–H and O–H groups in total. The van der Waals surface area contributed by atoms with E-state index in [9.17, 15) is 5.26 Å². The minimum absolute atomic E-state index is 0.441. The summed E-state index contributed by atoms with van der Waals surface area (Å²) >= 11 is 0. The van der Waals surface area contributed by atoms with Crippen molar-refractivity contribution in [2.24, 2.45) is 0 Å². The molecule has 26 heavy (non-hydrogen) atoms. The second-order valence-corrected chi connectivity index (χ2v) is 5.73. The predicted molar refractivity (Wildman–Crippen MR) is 103 cm³/mol. The number of aromatic nitrogens is 2. The van der Waals surface area contributed by atoms with E-state index >= 15 is 0 Å². The molecule has 1 heterocycles. The summed E-state index contributed by atoms with van der Waals surface area (Å²) in [4.78, 5) is 7.71. The monoisotopic (exact) mass is 347 g/mol. The van der Waals surface area contributed by atoms with Gasteiger partial charge in [-0.05, 0) is 37.6 Å². The van der Waals surface area contributed by atoms with Gasteiger partial charge in [0.05, 0.1) is 29.8 Å². The molecule has 1 aromatic heterocycles. The average molecular weight is 347 g/mol. The SMILES string of the molecule is CCCOc1c(/C=C(\C#N)c2nc3ccccc3[nH]2)cccc1OCC. The number of allylic oxidation sites excluding steroid dienone is 1. The molecule has 3 rings (SSSR count). The summed E-state index contributed by atoms with van der Waals surface area (Å²) < 4.78 is 11.6. The molecule has 0 atom stereocenters. The minimum atomic E-state index is 0.441. The van der Waals surface area contributed by atoms with Crippen LogP contribution in [0.1, 0.15) is 31.7 Å². The van der Waals surface area contributed by atoms with Crippen molar-refractivity contribution in [2.75, 3.05) is 13.2 Å². The number of benzene rings is 2. The normalized spacial score (nSPS) is 11.3. The Bertz CT molecular complexity index is 934. The quantitative estimate of drug-likeness (QED) is 0.622. The van der Waals surface area contributed by atoms with Gasteiger partial charge in [0.2, 0.25) is 0 Å². The van der Waals surface area contributed by atoms with Crippen molar-refractivity contribution in [1.29, 1.82) is 5.26 Å². The first-order valence-corrected chi connectivity index (χ1v) is 8.72. The molecule has 3 aromatic rings. The van der Waals surface area contributed by atoms with E-state index in [1.165, 1.54) is 0 Å². The molecule has 0 radical (unpaired) electrons. The van der Waals surface area contributed by atoms with Crippen molar-refractivity contribution >= 4 is 22.7 Å². The molecular formula is C21H21N3O2. The second kappa shape index (κ2) is 8.21. The maximum Gasteiger partial charge on any atom is 0.168 e. The van der Waals surface area contributed by atoms with Crippen LogP contribution in [0.25, 0.3) is 22.7 Å². The van der Waals surface area contributed by atoms with Crippen molar-refractivity contribution in [3.8, 4) is 17.6 Å². The van der Waals surface area contributed by atoms with Gasteiger partial charge < -0.3 is 14.5 Å². The predicted octanol–water partition coefficient (Wildman–Crippen LogP) is 4.81. The van der Waals surface area contributed by atoms with Crippen molar-refractivity contribution < 1.29 is 9.47 Å². The average Bonchev–Trinajstić information content (AvgIpc) is 3.09. The van der Waals surface area contributed by atoms with Crippen molar-refractivity contribution in [3.63, 3.8) is 0 Å². The molecule has 5 heteroatoms. The number of hydrogen-bond donors (Lipinski definition) is 1. The van der Waals surface area contributed by atoms with E-state index in [-0.39, 0.29) is 0 Å². The number of para-hydroxylation sites is 3. The summed E-state index contributed by atoms with van der Waals surface area (Å²) in [5.74, 6) is 1.87. The highest BCUT2D eigenvalue weighted by molar-refractivity contribution is 5.91. The number of imidazole rings is 1. The summed E-state index contributed by atoms with van der Waals surface area (Å²) in [5, 5.41) is 9.66. The van der Waals surface area contributed by atoms with E-state index in [2.05, 4.69) is 16.0 Å². The maximum atomic E-state index is 9.66. The fourth-order valence-corrected chi connectivity index (χ4v) is 2.66. The van der Waals surface area contributed by atoms with Crippen molar-refractivity contribution in [1.82, 2.24) is 9.97 Å². The van der Waals surface area contributed by atoms with Crippen LogP contribution in [0.3, 0.4) is 0 Å². The van der Waals surface area contributed by atoms with Gasteiger partial charge in [-0.1, -0.05) is 31.2 Å². The first kappa shape index (κ1) is 17.6. The van der Waals surface area contributed by atoms with Gasteiger partial charge in [0.25, 0.3) is 0 Å². The molecule has 132 valence electrons. The Morgan fingerprint density at radius 3 is 2.73 bits per heavy atom. The van der Waals surface area contributed by atoms with Crippen LogP contribution in [-0.2, 0) is 0 Å². The highest BCUT2D eigenvalue weighted by Gasteiger charge is 2.13. The van der Waals surface area contributed by atoms with Crippen LogP contribution in [0.4, 0.5) is 0 Å². The number of fused-ring (bicyclic) bond motifs is 1. The molecule has 0 saturated carbocycles. The van der Waals surface area contributed by atoms with Gasteiger partial charge >= 0.3 is 0 Å². The number of rotatable bonds is 7. The van der Waals surface area contributed by atoms with Gasteiger partial charge in [-0.25, -0.2) is 4.98 Å². The number of hydrogen-bond acceptors (Lipinski definition) is 4. The summed E-state index contributed by atoms with van der Waals surface area (Å²) in [6, 6.07) is 15.6. The molecule has 0 aliphatic carbocycles. The van der Waals surface area contributed by atoms with Crippen LogP contribution in [0.5, 0.6) is 11.5 Å². The molecule has 2 aromatic carbocycles. The summed E-state index contributed by atoms with van der Waals surface area (Å²) in [6.45, 7) is 5.11. The van der Waals surface area contributed by atoms with Gasteiger partial charge in [0.1, 0.15) is 11.9 Å². The van der Waals surface area contributed by atoms with Gasteiger partial charge in [-0.15, -0.1) is 0 Å². The third kappa shape index (κ3) is 3.70. The Morgan fingerprint density at radius 2 is 2.00 bits per heavy atom. The zero-order valence-electron chi connectivity index (χ0n) is 15.0.